The normalized spacial score (nSPS) is 20.9. The van der Waals surface area contributed by atoms with Gasteiger partial charge in [0.05, 0.1) is 10.6 Å². The molecule has 0 aromatic heterocycles. The van der Waals surface area contributed by atoms with Crippen LogP contribution < -0.4 is 5.32 Å². The minimum Gasteiger partial charge on any atom is -0.310 e. The highest BCUT2D eigenvalue weighted by Crippen LogP contribution is 2.32. The van der Waals surface area contributed by atoms with Gasteiger partial charge in [0, 0.05) is 6.04 Å². The van der Waals surface area contributed by atoms with E-state index in [0.717, 1.165) is 19.5 Å². The molecule has 0 saturated heterocycles. The van der Waals surface area contributed by atoms with Gasteiger partial charge >= 0.3 is 0 Å². The molecule has 0 amide bonds. The first-order chi connectivity index (χ1) is 9.40. The number of nitrogens with zero attached hydrogens (tertiary/aromatic N) is 1. The summed E-state index contributed by atoms with van der Waals surface area (Å²) >= 11 is 0. The maximum absolute atomic E-state index is 13.4. The van der Waals surface area contributed by atoms with E-state index in [0.29, 0.717) is 12.0 Å². The highest BCUT2D eigenvalue weighted by Gasteiger charge is 2.30. The zero-order valence-electron chi connectivity index (χ0n) is 11.9. The number of hydrogen-bond acceptors (Lipinski definition) is 4. The quantitative estimate of drug-likeness (QED) is 0.663. The van der Waals surface area contributed by atoms with Crippen LogP contribution in [0.5, 0.6) is 0 Å². The number of fused-ring (bicyclic) bond motifs is 1. The van der Waals surface area contributed by atoms with Gasteiger partial charge in [0.25, 0.3) is 0 Å². The Morgan fingerprint density at radius 3 is 2.85 bits per heavy atom. The molecule has 0 aliphatic carbocycles. The van der Waals surface area contributed by atoms with Crippen LogP contribution in [-0.4, -0.2) is 46.3 Å². The molecule has 0 spiro atoms. The minimum absolute atomic E-state index is 0.0774. The van der Waals surface area contributed by atoms with E-state index in [1.807, 2.05) is 14.1 Å². The summed E-state index contributed by atoms with van der Waals surface area (Å²) < 4.78 is 37.4. The van der Waals surface area contributed by atoms with Gasteiger partial charge in [-0.05, 0) is 63.8 Å². The lowest BCUT2D eigenvalue weighted by molar-refractivity contribution is 0.383. The fourth-order valence-corrected chi connectivity index (χ4v) is 4.10. The van der Waals surface area contributed by atoms with E-state index in [-0.39, 0.29) is 22.5 Å². The molecule has 1 aromatic rings. The lowest BCUT2D eigenvalue weighted by Crippen LogP contribution is -2.31. The summed E-state index contributed by atoms with van der Waals surface area (Å²) in [6.07, 6.45) is 1.47. The Bertz CT molecular complexity index is 573. The molecule has 6 heteroatoms. The molecule has 2 rings (SSSR count). The zero-order chi connectivity index (χ0) is 14.8. The largest absolute Gasteiger partial charge is 0.310 e. The van der Waals surface area contributed by atoms with Crippen molar-refractivity contribution in [2.24, 2.45) is 0 Å². The smallest absolute Gasteiger partial charge is 0.178 e. The predicted octanol–water partition coefficient (Wildman–Crippen LogP) is 1.59. The molecule has 1 unspecified atom stereocenters. The second kappa shape index (κ2) is 6.20. The summed E-state index contributed by atoms with van der Waals surface area (Å²) in [7, 11) is 0.773. The third-order valence-corrected chi connectivity index (χ3v) is 5.35. The van der Waals surface area contributed by atoms with Crippen molar-refractivity contribution in [1.29, 1.82) is 0 Å². The van der Waals surface area contributed by atoms with Crippen LogP contribution in [0.3, 0.4) is 0 Å². The summed E-state index contributed by atoms with van der Waals surface area (Å²) in [5, 5.41) is 3.34. The molecular weight excluding hydrogens is 279 g/mol. The molecule has 0 radical (unpaired) electrons. The Morgan fingerprint density at radius 1 is 1.40 bits per heavy atom. The predicted molar refractivity (Wildman–Crippen MR) is 77.0 cm³/mol. The molecule has 1 atom stereocenters. The van der Waals surface area contributed by atoms with Crippen molar-refractivity contribution in [3.8, 4) is 0 Å². The number of benzene rings is 1. The number of halogens is 1. The van der Waals surface area contributed by atoms with Gasteiger partial charge < -0.3 is 10.2 Å². The molecule has 4 nitrogen and oxygen atoms in total. The molecule has 1 N–H and O–H groups in total. The molecule has 112 valence electrons. The molecule has 0 saturated carbocycles. The van der Waals surface area contributed by atoms with E-state index in [1.165, 1.54) is 18.2 Å². The molecular formula is C14H21FN2O2S. The standard InChI is InChI=1S/C14H21FN2O2S/c1-17(2)8-3-7-16-13-6-9-20(18,19)14-5-4-11(15)10-12(13)14/h4-5,10,13,16H,3,6-9H2,1-2H3. The van der Waals surface area contributed by atoms with Crippen molar-refractivity contribution in [1.82, 2.24) is 10.2 Å². The maximum Gasteiger partial charge on any atom is 0.178 e. The lowest BCUT2D eigenvalue weighted by atomic mass is 10.0. The van der Waals surface area contributed by atoms with Crippen molar-refractivity contribution >= 4 is 9.84 Å². The van der Waals surface area contributed by atoms with E-state index in [2.05, 4.69) is 10.2 Å². The highest BCUT2D eigenvalue weighted by atomic mass is 32.2. The molecule has 1 aliphatic rings. The number of nitrogens with one attached hydrogen (secondary N) is 1. The Hall–Kier alpha value is -0.980. The summed E-state index contributed by atoms with van der Waals surface area (Å²) in [6, 6.07) is 3.86. The van der Waals surface area contributed by atoms with Crippen LogP contribution in [0, 0.1) is 5.82 Å². The summed E-state index contributed by atoms with van der Waals surface area (Å²) in [6.45, 7) is 1.76. The van der Waals surface area contributed by atoms with E-state index in [4.69, 9.17) is 0 Å². The van der Waals surface area contributed by atoms with E-state index in [1.54, 1.807) is 0 Å². The average molecular weight is 300 g/mol. The van der Waals surface area contributed by atoms with Gasteiger partial charge in [-0.1, -0.05) is 0 Å². The van der Waals surface area contributed by atoms with Crippen LogP contribution in [0.25, 0.3) is 0 Å². The Kier molecular flexibility index (Phi) is 4.78. The third kappa shape index (κ3) is 3.56. The van der Waals surface area contributed by atoms with Crippen molar-refractivity contribution in [3.63, 3.8) is 0 Å². The van der Waals surface area contributed by atoms with Gasteiger partial charge in [-0.3, -0.25) is 0 Å². The van der Waals surface area contributed by atoms with Crippen LogP contribution in [0.4, 0.5) is 4.39 Å². The average Bonchev–Trinajstić information content (AvgIpc) is 2.36. The topological polar surface area (TPSA) is 49.4 Å². The number of rotatable bonds is 5. The van der Waals surface area contributed by atoms with Gasteiger partial charge in [-0.15, -0.1) is 0 Å². The first-order valence-corrected chi connectivity index (χ1v) is 8.46. The Balaban J connectivity index is 2.11. The number of hydrogen-bond donors (Lipinski definition) is 1. The summed E-state index contributed by atoms with van der Waals surface area (Å²) in [4.78, 5) is 2.37. The highest BCUT2D eigenvalue weighted by molar-refractivity contribution is 7.91. The van der Waals surface area contributed by atoms with E-state index in [9.17, 15) is 12.8 Å². The van der Waals surface area contributed by atoms with E-state index >= 15 is 0 Å². The van der Waals surface area contributed by atoms with Gasteiger partial charge in [-0.2, -0.15) is 0 Å². The molecule has 0 bridgehead atoms. The Morgan fingerprint density at radius 2 is 2.15 bits per heavy atom. The third-order valence-electron chi connectivity index (χ3n) is 3.53. The fraction of sp³-hybridized carbons (Fsp3) is 0.571. The van der Waals surface area contributed by atoms with Gasteiger partial charge in [0.15, 0.2) is 9.84 Å². The number of sulfone groups is 1. The minimum atomic E-state index is -3.25. The molecule has 1 aliphatic heterocycles. The first-order valence-electron chi connectivity index (χ1n) is 6.80. The summed E-state index contributed by atoms with van der Waals surface area (Å²) in [5.74, 6) is -0.266. The van der Waals surface area contributed by atoms with Crippen LogP contribution in [0.1, 0.15) is 24.4 Å². The van der Waals surface area contributed by atoms with Gasteiger partial charge in [0.1, 0.15) is 5.82 Å². The first kappa shape index (κ1) is 15.4. The van der Waals surface area contributed by atoms with Crippen LogP contribution in [0.2, 0.25) is 0 Å². The van der Waals surface area contributed by atoms with Gasteiger partial charge in [-0.25, -0.2) is 12.8 Å². The monoisotopic (exact) mass is 300 g/mol. The van der Waals surface area contributed by atoms with Crippen molar-refractivity contribution in [3.05, 3.63) is 29.6 Å². The molecule has 0 fully saturated rings. The molecule has 1 aromatic carbocycles. The van der Waals surface area contributed by atoms with Gasteiger partial charge in [0.2, 0.25) is 0 Å². The van der Waals surface area contributed by atoms with Crippen LogP contribution >= 0.6 is 0 Å². The lowest BCUT2D eigenvalue weighted by Gasteiger charge is -2.26. The fourth-order valence-electron chi connectivity index (χ4n) is 2.50. The second-order valence-electron chi connectivity index (χ2n) is 5.45. The molecule has 20 heavy (non-hydrogen) atoms. The Labute approximate surface area is 119 Å². The summed E-state index contributed by atoms with van der Waals surface area (Å²) in [5.41, 5.74) is 0.570. The second-order valence-corrected chi connectivity index (χ2v) is 7.53. The van der Waals surface area contributed by atoms with E-state index < -0.39 is 9.84 Å². The van der Waals surface area contributed by atoms with Crippen LogP contribution in [0.15, 0.2) is 23.1 Å². The van der Waals surface area contributed by atoms with Crippen LogP contribution in [-0.2, 0) is 9.84 Å². The van der Waals surface area contributed by atoms with Crippen molar-refractivity contribution < 1.29 is 12.8 Å². The maximum atomic E-state index is 13.4. The molecule has 1 heterocycles. The van der Waals surface area contributed by atoms with Crippen molar-refractivity contribution in [2.75, 3.05) is 32.9 Å². The zero-order valence-corrected chi connectivity index (χ0v) is 12.7. The SMILES string of the molecule is CN(C)CCCNC1CCS(=O)(=O)c2ccc(F)cc21. The van der Waals surface area contributed by atoms with Crippen molar-refractivity contribution in [2.45, 2.75) is 23.8 Å².